The summed E-state index contributed by atoms with van der Waals surface area (Å²) in [6.07, 6.45) is 4.73. The van der Waals surface area contributed by atoms with Gasteiger partial charge in [0.25, 0.3) is 5.91 Å². The van der Waals surface area contributed by atoms with Crippen LogP contribution in [0.4, 0.5) is 0 Å². The number of aromatic nitrogens is 1. The molecule has 0 spiro atoms. The van der Waals surface area contributed by atoms with E-state index >= 15 is 0 Å². The van der Waals surface area contributed by atoms with Gasteiger partial charge in [-0.05, 0) is 76.5 Å². The Morgan fingerprint density at radius 1 is 0.809 bits per heavy atom. The molecule has 0 aliphatic rings. The van der Waals surface area contributed by atoms with Gasteiger partial charge < -0.3 is 20.9 Å². The van der Waals surface area contributed by atoms with Crippen molar-refractivity contribution in [2.75, 3.05) is 20.6 Å². The SMILES string of the molecule is CC(N)c1cccc(C(=O)N(C)[C@H](Cc2ccc3ccccc3c2)C(=O)N(C)[C@H](Cc2cccs2)C(=O)NCCc2ccncc2)c1. The summed E-state index contributed by atoms with van der Waals surface area (Å²) < 4.78 is 0. The number of rotatable bonds is 13. The van der Waals surface area contributed by atoms with Crippen molar-refractivity contribution in [3.8, 4) is 0 Å². The third kappa shape index (κ3) is 8.49. The van der Waals surface area contributed by atoms with Crippen LogP contribution in [0.2, 0.25) is 0 Å². The first-order valence-electron chi connectivity index (χ1n) is 15.8. The van der Waals surface area contributed by atoms with E-state index in [1.807, 2.05) is 79.0 Å². The number of nitrogens with two attached hydrogens (primary N) is 1. The van der Waals surface area contributed by atoms with Crippen LogP contribution in [0.15, 0.2) is 109 Å². The van der Waals surface area contributed by atoms with E-state index < -0.39 is 12.1 Å². The van der Waals surface area contributed by atoms with Crippen molar-refractivity contribution < 1.29 is 14.4 Å². The van der Waals surface area contributed by atoms with Crippen molar-refractivity contribution in [3.63, 3.8) is 0 Å². The van der Waals surface area contributed by atoms with Crippen LogP contribution in [0.5, 0.6) is 0 Å². The normalized spacial score (nSPS) is 13.0. The average molecular weight is 648 g/mol. The Morgan fingerprint density at radius 3 is 2.30 bits per heavy atom. The van der Waals surface area contributed by atoms with Crippen molar-refractivity contribution in [3.05, 3.63) is 136 Å². The van der Waals surface area contributed by atoms with Crippen molar-refractivity contribution in [2.24, 2.45) is 5.73 Å². The molecule has 3 amide bonds. The highest BCUT2D eigenvalue weighted by molar-refractivity contribution is 7.09. The molecule has 2 heterocycles. The number of nitrogens with zero attached hydrogens (tertiary/aromatic N) is 3. The van der Waals surface area contributed by atoms with Gasteiger partial charge in [-0.1, -0.05) is 60.7 Å². The van der Waals surface area contributed by atoms with Gasteiger partial charge in [0, 0.05) is 62.4 Å². The number of likely N-dealkylation sites (N-methyl/N-ethyl adjacent to an activating group) is 2. The summed E-state index contributed by atoms with van der Waals surface area (Å²) in [4.78, 5) is 50.3. The molecule has 0 radical (unpaired) electrons. The molecule has 9 heteroatoms. The summed E-state index contributed by atoms with van der Waals surface area (Å²) in [5.74, 6) is -0.855. The van der Waals surface area contributed by atoms with E-state index in [9.17, 15) is 14.4 Å². The highest BCUT2D eigenvalue weighted by Crippen LogP contribution is 2.22. The van der Waals surface area contributed by atoms with Crippen LogP contribution in [-0.2, 0) is 28.9 Å². The van der Waals surface area contributed by atoms with Gasteiger partial charge in [0.2, 0.25) is 11.8 Å². The number of fused-ring (bicyclic) bond motifs is 1. The minimum atomic E-state index is -0.872. The number of pyridine rings is 1. The second-order valence-corrected chi connectivity index (χ2v) is 12.9. The Balaban J connectivity index is 1.44. The van der Waals surface area contributed by atoms with Crippen LogP contribution >= 0.6 is 11.3 Å². The summed E-state index contributed by atoms with van der Waals surface area (Å²) in [5.41, 5.74) is 9.37. The molecule has 8 nitrogen and oxygen atoms in total. The number of hydrogen-bond acceptors (Lipinski definition) is 6. The fourth-order valence-corrected chi connectivity index (χ4v) is 6.43. The van der Waals surface area contributed by atoms with Gasteiger partial charge in [-0.25, -0.2) is 0 Å². The second-order valence-electron chi connectivity index (χ2n) is 11.9. The van der Waals surface area contributed by atoms with E-state index in [0.29, 0.717) is 24.9 Å². The number of benzene rings is 3. The number of carbonyl (C=O) groups excluding carboxylic acids is 3. The molecule has 0 saturated heterocycles. The molecule has 3 N–H and O–H groups in total. The smallest absolute Gasteiger partial charge is 0.254 e. The minimum absolute atomic E-state index is 0.244. The summed E-state index contributed by atoms with van der Waals surface area (Å²) in [7, 11) is 3.31. The molecular weight excluding hydrogens is 607 g/mol. The van der Waals surface area contributed by atoms with Gasteiger partial charge in [-0.3, -0.25) is 19.4 Å². The molecule has 0 saturated carbocycles. The van der Waals surface area contributed by atoms with Gasteiger partial charge in [-0.15, -0.1) is 11.3 Å². The van der Waals surface area contributed by atoms with E-state index in [0.717, 1.165) is 32.3 Å². The summed E-state index contributed by atoms with van der Waals surface area (Å²) in [6.45, 7) is 2.28. The molecule has 2 aromatic heterocycles. The lowest BCUT2D eigenvalue weighted by Crippen LogP contribution is -2.56. The fourth-order valence-electron chi connectivity index (χ4n) is 5.69. The molecular formula is C38H41N5O3S. The molecule has 0 fully saturated rings. The summed E-state index contributed by atoms with van der Waals surface area (Å²) in [5, 5.41) is 7.14. The highest BCUT2D eigenvalue weighted by Gasteiger charge is 2.35. The van der Waals surface area contributed by atoms with Gasteiger partial charge in [0.1, 0.15) is 12.1 Å². The van der Waals surface area contributed by atoms with E-state index in [2.05, 4.69) is 16.4 Å². The zero-order chi connectivity index (χ0) is 33.3. The van der Waals surface area contributed by atoms with E-state index in [4.69, 9.17) is 5.73 Å². The van der Waals surface area contributed by atoms with Gasteiger partial charge in [0.15, 0.2) is 0 Å². The topological polar surface area (TPSA) is 109 Å². The predicted octanol–water partition coefficient (Wildman–Crippen LogP) is 5.43. The van der Waals surface area contributed by atoms with Crippen molar-refractivity contribution in [1.82, 2.24) is 20.1 Å². The highest BCUT2D eigenvalue weighted by atomic mass is 32.1. The molecule has 3 atom stereocenters. The molecule has 0 aliphatic carbocycles. The van der Waals surface area contributed by atoms with E-state index in [-0.39, 0.29) is 30.2 Å². The Hall–Kier alpha value is -4.86. The minimum Gasteiger partial charge on any atom is -0.354 e. The molecule has 3 aromatic carbocycles. The van der Waals surface area contributed by atoms with Crippen LogP contribution in [0.1, 0.15) is 44.9 Å². The van der Waals surface area contributed by atoms with E-state index in [1.165, 1.54) is 9.80 Å². The molecule has 0 bridgehead atoms. The maximum absolute atomic E-state index is 14.6. The Labute approximate surface area is 280 Å². The molecule has 5 rings (SSSR count). The summed E-state index contributed by atoms with van der Waals surface area (Å²) in [6, 6.07) is 27.2. The van der Waals surface area contributed by atoms with Crippen LogP contribution in [-0.4, -0.2) is 65.2 Å². The van der Waals surface area contributed by atoms with Crippen molar-refractivity contribution >= 4 is 39.8 Å². The van der Waals surface area contributed by atoms with Crippen molar-refractivity contribution in [2.45, 2.75) is 44.3 Å². The quantitative estimate of drug-likeness (QED) is 0.177. The number of thiophene rings is 1. The average Bonchev–Trinajstić information content (AvgIpc) is 3.62. The predicted molar refractivity (Wildman–Crippen MR) is 188 cm³/mol. The second kappa shape index (κ2) is 15.6. The third-order valence-corrected chi connectivity index (χ3v) is 9.43. The Morgan fingerprint density at radius 2 is 1.57 bits per heavy atom. The molecule has 5 aromatic rings. The van der Waals surface area contributed by atoms with Crippen molar-refractivity contribution in [1.29, 1.82) is 0 Å². The lowest BCUT2D eigenvalue weighted by Gasteiger charge is -2.34. The first-order valence-corrected chi connectivity index (χ1v) is 16.6. The zero-order valence-electron chi connectivity index (χ0n) is 27.0. The standard InChI is InChI=1S/C38H41N5O3S/c1-26(39)30-10-6-11-32(24-30)37(45)43(3)35(23-28-13-14-29-8-4-5-9-31(29)22-28)38(46)42(2)34(25-33-12-7-21-47-33)36(44)41-20-17-27-15-18-40-19-16-27/h4-16,18-19,21-22,24,26,34-35H,17,20,23,25,39H2,1-3H3,(H,41,44)/t26?,34-,35-/m1/s1. The van der Waals surface area contributed by atoms with Gasteiger partial charge in [0.05, 0.1) is 0 Å². The van der Waals surface area contributed by atoms with Gasteiger partial charge in [-0.2, -0.15) is 0 Å². The zero-order valence-corrected chi connectivity index (χ0v) is 27.8. The molecule has 242 valence electrons. The maximum atomic E-state index is 14.6. The lowest BCUT2D eigenvalue weighted by molar-refractivity contribution is -0.142. The van der Waals surface area contributed by atoms with Crippen LogP contribution in [0.25, 0.3) is 10.8 Å². The first-order chi connectivity index (χ1) is 22.7. The first kappa shape index (κ1) is 33.5. The Bertz CT molecular complexity index is 1810. The fraction of sp³-hybridized carbons (Fsp3) is 0.263. The monoisotopic (exact) mass is 647 g/mol. The van der Waals surface area contributed by atoms with Gasteiger partial charge >= 0.3 is 0 Å². The van der Waals surface area contributed by atoms with E-state index in [1.54, 1.807) is 56.0 Å². The number of amides is 3. The molecule has 1 unspecified atom stereocenters. The number of carbonyl (C=O) groups is 3. The number of nitrogens with one attached hydrogen (secondary N) is 1. The third-order valence-electron chi connectivity index (χ3n) is 8.53. The molecule has 0 aliphatic heterocycles. The Kier molecular flexibility index (Phi) is 11.1. The van der Waals surface area contributed by atoms with Crippen LogP contribution < -0.4 is 11.1 Å². The van der Waals surface area contributed by atoms with Crippen LogP contribution in [0.3, 0.4) is 0 Å². The van der Waals surface area contributed by atoms with Crippen LogP contribution in [0, 0.1) is 0 Å². The lowest BCUT2D eigenvalue weighted by atomic mass is 9.98. The number of hydrogen-bond donors (Lipinski definition) is 2. The summed E-state index contributed by atoms with van der Waals surface area (Å²) >= 11 is 1.54. The largest absolute Gasteiger partial charge is 0.354 e. The maximum Gasteiger partial charge on any atom is 0.254 e. The molecule has 47 heavy (non-hydrogen) atoms.